The summed E-state index contributed by atoms with van der Waals surface area (Å²) in [5, 5.41) is 20.9. The van der Waals surface area contributed by atoms with E-state index >= 15 is 0 Å². The summed E-state index contributed by atoms with van der Waals surface area (Å²) in [5.41, 5.74) is 1.71. The number of non-ortho nitro benzene ring substituents is 1. The first-order valence-corrected chi connectivity index (χ1v) is 6.20. The number of aryl methyl sites for hydroxylation is 1. The Bertz CT molecular complexity index is 593. The van der Waals surface area contributed by atoms with Crippen molar-refractivity contribution in [1.29, 1.82) is 0 Å². The van der Waals surface area contributed by atoms with Crippen LogP contribution in [0.15, 0.2) is 24.4 Å². The van der Waals surface area contributed by atoms with Gasteiger partial charge >= 0.3 is 0 Å². The summed E-state index contributed by atoms with van der Waals surface area (Å²) in [6.07, 6.45) is 1.03. The largest absolute Gasteiger partial charge is 0.388 e. The fourth-order valence-corrected chi connectivity index (χ4v) is 2.49. The van der Waals surface area contributed by atoms with Crippen molar-refractivity contribution in [2.24, 2.45) is 0 Å². The first kappa shape index (κ1) is 12.7. The van der Waals surface area contributed by atoms with Gasteiger partial charge in [-0.1, -0.05) is 6.07 Å². The molecule has 6 heteroatoms. The summed E-state index contributed by atoms with van der Waals surface area (Å²) < 4.78 is 0. The first-order chi connectivity index (χ1) is 8.49. The SMILES string of the molecule is Cc1ccc([N+](=O)[O-])cc1-c1ncc(C(C)O)s1. The zero-order valence-corrected chi connectivity index (χ0v) is 10.8. The number of thiazole rings is 1. The Morgan fingerprint density at radius 2 is 2.22 bits per heavy atom. The van der Waals surface area contributed by atoms with E-state index < -0.39 is 11.0 Å². The lowest BCUT2D eigenvalue weighted by atomic mass is 10.1. The van der Waals surface area contributed by atoms with Gasteiger partial charge in [0.15, 0.2) is 0 Å². The van der Waals surface area contributed by atoms with Crippen molar-refractivity contribution in [3.63, 3.8) is 0 Å². The molecule has 1 atom stereocenters. The lowest BCUT2D eigenvalue weighted by molar-refractivity contribution is -0.384. The van der Waals surface area contributed by atoms with Crippen LogP contribution < -0.4 is 0 Å². The molecule has 0 aliphatic carbocycles. The van der Waals surface area contributed by atoms with Crippen LogP contribution in [0.2, 0.25) is 0 Å². The number of nitrogens with zero attached hydrogens (tertiary/aromatic N) is 2. The Kier molecular flexibility index (Phi) is 3.40. The van der Waals surface area contributed by atoms with Gasteiger partial charge in [-0.15, -0.1) is 11.3 Å². The van der Waals surface area contributed by atoms with Crippen molar-refractivity contribution >= 4 is 17.0 Å². The topological polar surface area (TPSA) is 76.3 Å². The Morgan fingerprint density at radius 3 is 2.78 bits per heavy atom. The minimum Gasteiger partial charge on any atom is -0.388 e. The van der Waals surface area contributed by atoms with Gasteiger partial charge in [0.2, 0.25) is 0 Å². The molecular formula is C12H12N2O3S. The highest BCUT2D eigenvalue weighted by molar-refractivity contribution is 7.15. The number of rotatable bonds is 3. The van der Waals surface area contributed by atoms with E-state index in [1.165, 1.54) is 23.5 Å². The maximum absolute atomic E-state index is 10.8. The molecule has 1 aromatic carbocycles. The van der Waals surface area contributed by atoms with Crippen LogP contribution in [0, 0.1) is 17.0 Å². The number of hydrogen-bond acceptors (Lipinski definition) is 5. The van der Waals surface area contributed by atoms with Gasteiger partial charge in [0.05, 0.1) is 15.9 Å². The minimum absolute atomic E-state index is 0.0457. The third kappa shape index (κ3) is 2.39. The van der Waals surface area contributed by atoms with Crippen LogP contribution in [0.5, 0.6) is 0 Å². The van der Waals surface area contributed by atoms with Crippen LogP contribution in [-0.4, -0.2) is 15.0 Å². The number of aliphatic hydroxyl groups is 1. The van der Waals surface area contributed by atoms with E-state index in [4.69, 9.17) is 0 Å². The predicted molar refractivity (Wildman–Crippen MR) is 69.6 cm³/mol. The van der Waals surface area contributed by atoms with Gasteiger partial charge in [-0.3, -0.25) is 10.1 Å². The third-order valence-corrected chi connectivity index (χ3v) is 3.80. The van der Waals surface area contributed by atoms with Crippen LogP contribution in [0.1, 0.15) is 23.5 Å². The normalized spacial score (nSPS) is 12.4. The zero-order valence-electron chi connectivity index (χ0n) is 9.95. The molecule has 2 rings (SSSR count). The fraction of sp³-hybridized carbons (Fsp3) is 0.250. The van der Waals surface area contributed by atoms with E-state index in [-0.39, 0.29) is 5.69 Å². The number of nitro groups is 1. The van der Waals surface area contributed by atoms with Crippen molar-refractivity contribution in [3.05, 3.63) is 45.0 Å². The van der Waals surface area contributed by atoms with Gasteiger partial charge in [-0.2, -0.15) is 0 Å². The molecule has 1 heterocycles. The van der Waals surface area contributed by atoms with Crippen LogP contribution in [0.4, 0.5) is 5.69 Å². The second-order valence-corrected chi connectivity index (χ2v) is 5.06. The average Bonchev–Trinajstić information content (AvgIpc) is 2.78. The molecule has 2 aromatic rings. The molecule has 0 bridgehead atoms. The second-order valence-electron chi connectivity index (χ2n) is 4.00. The molecule has 94 valence electrons. The Labute approximate surface area is 108 Å². The van der Waals surface area contributed by atoms with E-state index in [0.29, 0.717) is 5.01 Å². The van der Waals surface area contributed by atoms with E-state index in [9.17, 15) is 15.2 Å². The standard InChI is InChI=1S/C12H12N2O3S/c1-7-3-4-9(14(16)17)5-10(7)12-13-6-11(18-12)8(2)15/h3-6,8,15H,1-2H3. The van der Waals surface area contributed by atoms with Crippen LogP contribution in [0.3, 0.4) is 0 Å². The van der Waals surface area contributed by atoms with Crippen LogP contribution in [0.25, 0.3) is 10.6 Å². The van der Waals surface area contributed by atoms with Gasteiger partial charge < -0.3 is 5.11 Å². The van der Waals surface area contributed by atoms with E-state index in [2.05, 4.69) is 4.98 Å². The molecule has 18 heavy (non-hydrogen) atoms. The summed E-state index contributed by atoms with van der Waals surface area (Å²) in [7, 11) is 0. The van der Waals surface area contributed by atoms with Crippen molar-refractivity contribution in [3.8, 4) is 10.6 Å². The molecule has 0 saturated carbocycles. The summed E-state index contributed by atoms with van der Waals surface area (Å²) >= 11 is 1.34. The molecular weight excluding hydrogens is 252 g/mol. The maximum atomic E-state index is 10.8. The van der Waals surface area contributed by atoms with Gasteiger partial charge in [0.1, 0.15) is 5.01 Å². The van der Waals surface area contributed by atoms with Crippen molar-refractivity contribution < 1.29 is 10.0 Å². The minimum atomic E-state index is -0.574. The third-order valence-electron chi connectivity index (χ3n) is 2.60. The zero-order chi connectivity index (χ0) is 13.3. The van der Waals surface area contributed by atoms with Gasteiger partial charge in [0.25, 0.3) is 5.69 Å². The molecule has 1 aromatic heterocycles. The van der Waals surface area contributed by atoms with Gasteiger partial charge in [0, 0.05) is 23.9 Å². The van der Waals surface area contributed by atoms with Crippen molar-refractivity contribution in [2.75, 3.05) is 0 Å². The quantitative estimate of drug-likeness (QED) is 0.682. The fourth-order valence-electron chi connectivity index (χ4n) is 1.56. The van der Waals surface area contributed by atoms with Crippen LogP contribution in [-0.2, 0) is 0 Å². The van der Waals surface area contributed by atoms with Gasteiger partial charge in [-0.25, -0.2) is 4.98 Å². The summed E-state index contributed by atoms with van der Waals surface area (Å²) in [6.45, 7) is 3.54. The highest BCUT2D eigenvalue weighted by Crippen LogP contribution is 2.32. The average molecular weight is 264 g/mol. The summed E-state index contributed by atoms with van der Waals surface area (Å²) in [4.78, 5) is 15.3. The lowest BCUT2D eigenvalue weighted by Gasteiger charge is -2.02. The number of hydrogen-bond donors (Lipinski definition) is 1. The smallest absolute Gasteiger partial charge is 0.270 e. The molecule has 0 aliphatic heterocycles. The maximum Gasteiger partial charge on any atom is 0.270 e. The predicted octanol–water partition coefficient (Wildman–Crippen LogP) is 3.08. The summed E-state index contributed by atoms with van der Waals surface area (Å²) in [5.74, 6) is 0. The van der Waals surface area contributed by atoms with E-state index in [1.54, 1.807) is 19.2 Å². The molecule has 0 fully saturated rings. The molecule has 0 aliphatic rings. The molecule has 1 N–H and O–H groups in total. The molecule has 0 spiro atoms. The van der Waals surface area contributed by atoms with Gasteiger partial charge in [-0.05, 0) is 19.4 Å². The Hall–Kier alpha value is -1.79. The molecule has 1 unspecified atom stereocenters. The van der Waals surface area contributed by atoms with Crippen LogP contribution >= 0.6 is 11.3 Å². The first-order valence-electron chi connectivity index (χ1n) is 5.38. The molecule has 5 nitrogen and oxygen atoms in total. The highest BCUT2D eigenvalue weighted by atomic mass is 32.1. The molecule has 0 radical (unpaired) electrons. The Balaban J connectivity index is 2.48. The monoisotopic (exact) mass is 264 g/mol. The number of benzene rings is 1. The Morgan fingerprint density at radius 1 is 1.50 bits per heavy atom. The van der Waals surface area contributed by atoms with E-state index in [0.717, 1.165) is 16.0 Å². The molecule has 0 amide bonds. The number of aliphatic hydroxyl groups excluding tert-OH is 1. The second kappa shape index (κ2) is 4.83. The van der Waals surface area contributed by atoms with Crippen molar-refractivity contribution in [1.82, 2.24) is 4.98 Å². The summed E-state index contributed by atoms with van der Waals surface area (Å²) in [6, 6.07) is 4.69. The van der Waals surface area contributed by atoms with E-state index in [1.807, 2.05) is 6.92 Å². The lowest BCUT2D eigenvalue weighted by Crippen LogP contribution is -1.90. The highest BCUT2D eigenvalue weighted by Gasteiger charge is 2.14. The molecule has 0 saturated heterocycles. The number of aromatic nitrogens is 1. The number of nitro benzene ring substituents is 1. The van der Waals surface area contributed by atoms with Crippen molar-refractivity contribution in [2.45, 2.75) is 20.0 Å².